The number of nitrogen functional groups attached to an aromatic ring is 1. The van der Waals surface area contributed by atoms with Crippen molar-refractivity contribution in [2.75, 3.05) is 5.73 Å². The first-order chi connectivity index (χ1) is 11.3. The fraction of sp³-hybridized carbons (Fsp3) is 0.154. The van der Waals surface area contributed by atoms with Gasteiger partial charge in [0, 0.05) is 5.56 Å². The molecule has 0 aliphatic rings. The Balaban J connectivity index is 2.68. The molecule has 2 rings (SSSR count). The number of halogens is 8. The summed E-state index contributed by atoms with van der Waals surface area (Å²) in [6.45, 7) is 0. The molecule has 1 aromatic carbocycles. The molecule has 0 aliphatic carbocycles. The van der Waals surface area contributed by atoms with E-state index in [0.717, 1.165) is 0 Å². The summed E-state index contributed by atoms with van der Waals surface area (Å²) >= 11 is 22.6. The van der Waals surface area contributed by atoms with Gasteiger partial charge in [0.1, 0.15) is 11.9 Å². The highest BCUT2D eigenvalue weighted by Gasteiger charge is 2.34. The minimum atomic E-state index is -4.66. The predicted octanol–water partition coefficient (Wildman–Crippen LogP) is 6.61. The van der Waals surface area contributed by atoms with Crippen LogP contribution in [0.4, 0.5) is 23.4 Å². The van der Waals surface area contributed by atoms with E-state index in [-0.39, 0.29) is 49.3 Å². The Morgan fingerprint density at radius 1 is 1.12 bits per heavy atom. The fourth-order valence-corrected chi connectivity index (χ4v) is 3.77. The minimum Gasteiger partial charge on any atom is -0.384 e. The highest BCUT2D eigenvalue weighted by atomic mass is 35.5. The molecule has 0 saturated carbocycles. The zero-order valence-corrected chi connectivity index (χ0v) is 15.5. The molecule has 1 heterocycles. The van der Waals surface area contributed by atoms with Gasteiger partial charge in [-0.05, 0) is 23.9 Å². The standard InChI is InChI=1S/C13H5Cl4F4N3S/c14-6-1-4(12(18,19)20)2-7(15)8(6)9-5(3-22)10(11(23)24-9)25-13(16,17)21/h1-2,24H,23H2. The highest BCUT2D eigenvalue weighted by Crippen LogP contribution is 2.49. The van der Waals surface area contributed by atoms with Crippen LogP contribution in [0.1, 0.15) is 11.1 Å². The molecule has 0 saturated heterocycles. The van der Waals surface area contributed by atoms with Gasteiger partial charge in [0.15, 0.2) is 0 Å². The van der Waals surface area contributed by atoms with E-state index >= 15 is 0 Å². The number of anilines is 1. The number of nitrogens with zero attached hydrogens (tertiary/aromatic N) is 1. The number of benzene rings is 1. The van der Waals surface area contributed by atoms with Gasteiger partial charge < -0.3 is 10.7 Å². The molecule has 25 heavy (non-hydrogen) atoms. The summed E-state index contributed by atoms with van der Waals surface area (Å²) in [5.74, 6) is -0.174. The van der Waals surface area contributed by atoms with E-state index in [2.05, 4.69) is 4.98 Å². The number of aromatic amines is 1. The Hall–Kier alpha value is -0.980. The maximum absolute atomic E-state index is 13.5. The van der Waals surface area contributed by atoms with Crippen molar-refractivity contribution in [3.8, 4) is 17.3 Å². The Morgan fingerprint density at radius 2 is 1.64 bits per heavy atom. The number of nitrogens with two attached hydrogens (primary N) is 1. The molecule has 3 nitrogen and oxygen atoms in total. The third-order valence-electron chi connectivity index (χ3n) is 2.93. The second kappa shape index (κ2) is 6.97. The van der Waals surface area contributed by atoms with Crippen LogP contribution < -0.4 is 5.73 Å². The summed E-state index contributed by atoms with van der Waals surface area (Å²) in [6, 6.07) is 3.05. The molecule has 1 aromatic heterocycles. The molecule has 12 heteroatoms. The SMILES string of the molecule is N#Cc1c(-c2c(Cl)cc(C(F)(F)F)cc2Cl)[nH]c(N)c1SC(F)(Cl)Cl. The number of alkyl halides is 6. The molecule has 3 N–H and O–H groups in total. The van der Waals surface area contributed by atoms with Gasteiger partial charge in [0.25, 0.3) is 0 Å². The molecule has 0 bridgehead atoms. The Bertz CT molecular complexity index is 845. The normalized spacial score (nSPS) is 12.3. The molecule has 0 amide bonds. The van der Waals surface area contributed by atoms with Gasteiger partial charge in [0.2, 0.25) is 0 Å². The molecular weight excluding hydrogens is 448 g/mol. The number of aromatic nitrogens is 1. The molecule has 0 fully saturated rings. The van der Waals surface area contributed by atoms with Crippen LogP contribution >= 0.6 is 58.2 Å². The van der Waals surface area contributed by atoms with E-state index in [1.54, 1.807) is 6.07 Å². The number of rotatable bonds is 3. The van der Waals surface area contributed by atoms with Gasteiger partial charge in [0.05, 0.1) is 31.8 Å². The number of hydrogen-bond donors (Lipinski definition) is 2. The van der Waals surface area contributed by atoms with Crippen LogP contribution in [0.25, 0.3) is 11.3 Å². The maximum Gasteiger partial charge on any atom is 0.416 e. The number of thioether (sulfide) groups is 1. The van der Waals surface area contributed by atoms with Crippen molar-refractivity contribution in [1.29, 1.82) is 5.26 Å². The van der Waals surface area contributed by atoms with Crippen molar-refractivity contribution in [3.05, 3.63) is 33.3 Å². The molecule has 2 aromatic rings. The first-order valence-corrected chi connectivity index (χ1v) is 8.42. The number of H-pyrrole nitrogens is 1. The largest absolute Gasteiger partial charge is 0.416 e. The average Bonchev–Trinajstić information content (AvgIpc) is 2.71. The second-order valence-electron chi connectivity index (χ2n) is 4.59. The predicted molar refractivity (Wildman–Crippen MR) is 91.8 cm³/mol. The number of nitriles is 1. The van der Waals surface area contributed by atoms with Crippen molar-refractivity contribution in [2.45, 2.75) is 15.0 Å². The van der Waals surface area contributed by atoms with Crippen LogP contribution in [0.2, 0.25) is 10.0 Å². The summed E-state index contributed by atoms with van der Waals surface area (Å²) in [7, 11) is 0. The van der Waals surface area contributed by atoms with Crippen molar-refractivity contribution in [2.24, 2.45) is 0 Å². The van der Waals surface area contributed by atoms with Crippen LogP contribution in [0, 0.1) is 11.3 Å². The van der Waals surface area contributed by atoms with Gasteiger partial charge in [-0.1, -0.05) is 46.4 Å². The van der Waals surface area contributed by atoms with E-state index in [4.69, 9.17) is 52.1 Å². The summed E-state index contributed by atoms with van der Waals surface area (Å²) < 4.78 is 49.1. The minimum absolute atomic E-state index is 0.0798. The molecule has 134 valence electrons. The van der Waals surface area contributed by atoms with Crippen molar-refractivity contribution >= 4 is 64.0 Å². The van der Waals surface area contributed by atoms with Crippen LogP contribution in [0.5, 0.6) is 0 Å². The summed E-state index contributed by atoms with van der Waals surface area (Å²) in [6.07, 6.45) is -4.66. The van der Waals surface area contributed by atoms with E-state index in [0.29, 0.717) is 12.1 Å². The molecule has 0 atom stereocenters. The topological polar surface area (TPSA) is 65.6 Å². The van der Waals surface area contributed by atoms with Crippen molar-refractivity contribution in [1.82, 2.24) is 4.98 Å². The highest BCUT2D eigenvalue weighted by molar-refractivity contribution is 8.03. The summed E-state index contributed by atoms with van der Waals surface area (Å²) in [5, 5.41) is 8.57. The van der Waals surface area contributed by atoms with Crippen molar-refractivity contribution < 1.29 is 17.6 Å². The van der Waals surface area contributed by atoms with Gasteiger partial charge in [-0.15, -0.1) is 0 Å². The van der Waals surface area contributed by atoms with Crippen molar-refractivity contribution in [3.63, 3.8) is 0 Å². The lowest BCUT2D eigenvalue weighted by Gasteiger charge is -2.12. The third kappa shape index (κ3) is 4.41. The number of hydrogen-bond acceptors (Lipinski definition) is 3. The molecule has 0 radical (unpaired) electrons. The summed E-state index contributed by atoms with van der Waals surface area (Å²) in [5.41, 5.74) is 4.23. The molecule has 0 spiro atoms. The van der Waals surface area contributed by atoms with Gasteiger partial charge in [-0.2, -0.15) is 22.8 Å². The van der Waals surface area contributed by atoms with Crippen LogP contribution in [-0.4, -0.2) is 8.90 Å². The monoisotopic (exact) mass is 451 g/mol. The zero-order valence-electron chi connectivity index (χ0n) is 11.6. The average molecular weight is 453 g/mol. The lowest BCUT2D eigenvalue weighted by atomic mass is 10.1. The summed E-state index contributed by atoms with van der Waals surface area (Å²) in [4.78, 5) is 2.42. The lowest BCUT2D eigenvalue weighted by molar-refractivity contribution is -0.137. The Morgan fingerprint density at radius 3 is 2.04 bits per heavy atom. The van der Waals surface area contributed by atoms with Gasteiger partial charge >= 0.3 is 10.1 Å². The Kier molecular flexibility index (Phi) is 5.67. The lowest BCUT2D eigenvalue weighted by Crippen LogP contribution is -2.05. The van der Waals surface area contributed by atoms with E-state index in [1.165, 1.54) is 0 Å². The van der Waals surface area contributed by atoms with Gasteiger partial charge in [-0.3, -0.25) is 0 Å². The van der Waals surface area contributed by atoms with Gasteiger partial charge in [-0.25, -0.2) is 0 Å². The van der Waals surface area contributed by atoms with E-state index in [1.807, 2.05) is 0 Å². The Labute approximate surface area is 163 Å². The van der Waals surface area contributed by atoms with Crippen LogP contribution in [0.15, 0.2) is 17.0 Å². The quantitative estimate of drug-likeness (QED) is 0.312. The molecular formula is C13H5Cl4F4N3S. The van der Waals surface area contributed by atoms with Crippen LogP contribution in [-0.2, 0) is 6.18 Å². The molecule has 0 unspecified atom stereocenters. The first kappa shape index (κ1) is 20.3. The second-order valence-corrected chi connectivity index (χ2v) is 8.26. The van der Waals surface area contributed by atoms with E-state index < -0.39 is 15.7 Å². The number of nitrogens with one attached hydrogen (secondary N) is 1. The smallest absolute Gasteiger partial charge is 0.384 e. The first-order valence-electron chi connectivity index (χ1n) is 6.09. The third-order valence-corrected chi connectivity index (χ3v) is 4.85. The maximum atomic E-state index is 13.5. The van der Waals surface area contributed by atoms with Crippen LogP contribution in [0.3, 0.4) is 0 Å². The fourth-order valence-electron chi connectivity index (χ4n) is 1.99. The zero-order chi connectivity index (χ0) is 19.2. The van der Waals surface area contributed by atoms with E-state index in [9.17, 15) is 22.8 Å². The molecule has 0 aliphatic heterocycles.